The van der Waals surface area contributed by atoms with Crippen molar-refractivity contribution in [3.8, 4) is 0 Å². The summed E-state index contributed by atoms with van der Waals surface area (Å²) in [6.45, 7) is 6.52. The highest BCUT2D eigenvalue weighted by molar-refractivity contribution is 5.20. The van der Waals surface area contributed by atoms with Gasteiger partial charge in [0.2, 0.25) is 0 Å². The van der Waals surface area contributed by atoms with E-state index in [1.54, 1.807) is 0 Å². The molecule has 1 aliphatic carbocycles. The molecule has 3 rings (SSSR count). The van der Waals surface area contributed by atoms with Gasteiger partial charge >= 0.3 is 0 Å². The quantitative estimate of drug-likeness (QED) is 0.917. The molecule has 0 radical (unpaired) electrons. The molecular formula is C17H24F2N2. The van der Waals surface area contributed by atoms with E-state index in [4.69, 9.17) is 0 Å². The number of rotatable bonds is 4. The minimum absolute atomic E-state index is 0.208. The first kappa shape index (κ1) is 14.9. The van der Waals surface area contributed by atoms with Gasteiger partial charge in [0.1, 0.15) is 11.6 Å². The van der Waals surface area contributed by atoms with Crippen molar-refractivity contribution < 1.29 is 8.78 Å². The fourth-order valence-corrected chi connectivity index (χ4v) is 3.39. The van der Waals surface area contributed by atoms with Crippen LogP contribution in [0.5, 0.6) is 0 Å². The lowest BCUT2D eigenvalue weighted by atomic mass is 9.96. The zero-order valence-corrected chi connectivity index (χ0v) is 12.8. The molecule has 0 spiro atoms. The summed E-state index contributed by atoms with van der Waals surface area (Å²) in [5, 5.41) is 3.63. The van der Waals surface area contributed by atoms with E-state index < -0.39 is 11.6 Å². The van der Waals surface area contributed by atoms with Gasteiger partial charge in [-0.3, -0.25) is 4.90 Å². The maximum absolute atomic E-state index is 13.9. The Morgan fingerprint density at radius 1 is 1.24 bits per heavy atom. The van der Waals surface area contributed by atoms with Gasteiger partial charge in [-0.05, 0) is 36.8 Å². The summed E-state index contributed by atoms with van der Waals surface area (Å²) in [4.78, 5) is 2.27. The molecule has 0 amide bonds. The van der Waals surface area contributed by atoms with Crippen LogP contribution in [0.25, 0.3) is 0 Å². The fourth-order valence-electron chi connectivity index (χ4n) is 3.39. The van der Waals surface area contributed by atoms with Crippen molar-refractivity contribution in [2.45, 2.75) is 45.3 Å². The standard InChI is InChI=1S/C17H24F2N2/c1-11(2)17-8-20-16(12-6-7-12)10-21(17)9-13-14(18)4-3-5-15(13)19/h3-5,11-12,16-17,20H,6-10H2,1-2H3. The predicted octanol–water partition coefficient (Wildman–Crippen LogP) is 3.17. The van der Waals surface area contributed by atoms with Gasteiger partial charge < -0.3 is 5.32 Å². The van der Waals surface area contributed by atoms with E-state index in [0.29, 0.717) is 24.5 Å². The van der Waals surface area contributed by atoms with E-state index in [1.165, 1.54) is 31.0 Å². The molecule has 1 aromatic rings. The van der Waals surface area contributed by atoms with E-state index in [0.717, 1.165) is 19.0 Å². The molecule has 2 fully saturated rings. The van der Waals surface area contributed by atoms with Gasteiger partial charge in [-0.1, -0.05) is 19.9 Å². The van der Waals surface area contributed by atoms with Crippen LogP contribution in [0.4, 0.5) is 8.78 Å². The third kappa shape index (κ3) is 3.27. The van der Waals surface area contributed by atoms with Crippen LogP contribution in [0.1, 0.15) is 32.3 Å². The summed E-state index contributed by atoms with van der Waals surface area (Å²) in [6, 6.07) is 4.94. The van der Waals surface area contributed by atoms with E-state index in [-0.39, 0.29) is 5.56 Å². The third-order valence-corrected chi connectivity index (χ3v) is 4.87. The summed E-state index contributed by atoms with van der Waals surface area (Å²) in [7, 11) is 0. The van der Waals surface area contributed by atoms with E-state index >= 15 is 0 Å². The smallest absolute Gasteiger partial charge is 0.130 e. The average molecular weight is 294 g/mol. The number of hydrogen-bond acceptors (Lipinski definition) is 2. The Balaban J connectivity index is 1.78. The SMILES string of the molecule is CC(C)C1CNC(C2CC2)CN1Cc1c(F)cccc1F. The maximum atomic E-state index is 13.9. The molecule has 116 valence electrons. The Morgan fingerprint density at radius 2 is 1.90 bits per heavy atom. The first-order valence-corrected chi connectivity index (χ1v) is 7.96. The number of halogens is 2. The predicted molar refractivity (Wildman–Crippen MR) is 79.9 cm³/mol. The molecule has 2 nitrogen and oxygen atoms in total. The Hall–Kier alpha value is -1.00. The van der Waals surface area contributed by atoms with E-state index in [9.17, 15) is 8.78 Å². The number of nitrogens with zero attached hydrogens (tertiary/aromatic N) is 1. The highest BCUT2D eigenvalue weighted by Gasteiger charge is 2.38. The van der Waals surface area contributed by atoms with Gasteiger partial charge in [0, 0.05) is 37.3 Å². The first-order valence-electron chi connectivity index (χ1n) is 7.96. The molecule has 0 bridgehead atoms. The normalized spacial score (nSPS) is 27.3. The third-order valence-electron chi connectivity index (χ3n) is 4.87. The van der Waals surface area contributed by atoms with Crippen LogP contribution in [0.3, 0.4) is 0 Å². The topological polar surface area (TPSA) is 15.3 Å². The van der Waals surface area contributed by atoms with Crippen molar-refractivity contribution in [1.82, 2.24) is 10.2 Å². The largest absolute Gasteiger partial charge is 0.311 e. The van der Waals surface area contributed by atoms with Crippen LogP contribution in [0, 0.1) is 23.5 Å². The summed E-state index contributed by atoms with van der Waals surface area (Å²) < 4.78 is 27.8. The van der Waals surface area contributed by atoms with Gasteiger partial charge in [-0.15, -0.1) is 0 Å². The molecule has 2 unspecified atom stereocenters. The second-order valence-corrected chi connectivity index (χ2v) is 6.79. The maximum Gasteiger partial charge on any atom is 0.130 e. The minimum atomic E-state index is -0.431. The summed E-state index contributed by atoms with van der Waals surface area (Å²) in [5.74, 6) is 0.358. The van der Waals surface area contributed by atoms with Crippen molar-refractivity contribution in [3.63, 3.8) is 0 Å². The average Bonchev–Trinajstić information content (AvgIpc) is 3.27. The van der Waals surface area contributed by atoms with Gasteiger partial charge in [0.15, 0.2) is 0 Å². The molecule has 1 saturated heterocycles. The number of piperazine rings is 1. The molecule has 2 aliphatic rings. The lowest BCUT2D eigenvalue weighted by molar-refractivity contribution is 0.0830. The summed E-state index contributed by atoms with van der Waals surface area (Å²) in [6.07, 6.45) is 2.57. The molecule has 21 heavy (non-hydrogen) atoms. The highest BCUT2D eigenvalue weighted by atomic mass is 19.1. The lowest BCUT2D eigenvalue weighted by Gasteiger charge is -2.42. The van der Waals surface area contributed by atoms with Gasteiger partial charge in [0.25, 0.3) is 0 Å². The molecule has 1 saturated carbocycles. The number of nitrogens with one attached hydrogen (secondary N) is 1. The molecule has 1 aromatic carbocycles. The number of hydrogen-bond donors (Lipinski definition) is 1. The van der Waals surface area contributed by atoms with Crippen molar-refractivity contribution in [3.05, 3.63) is 35.4 Å². The first-order chi connectivity index (χ1) is 10.1. The Labute approximate surface area is 125 Å². The van der Waals surface area contributed by atoms with Crippen molar-refractivity contribution in [2.24, 2.45) is 11.8 Å². The molecular weight excluding hydrogens is 270 g/mol. The molecule has 4 heteroatoms. The van der Waals surface area contributed by atoms with E-state index in [1.807, 2.05) is 0 Å². The van der Waals surface area contributed by atoms with Crippen LogP contribution in [-0.2, 0) is 6.54 Å². The summed E-state index contributed by atoms with van der Waals surface area (Å²) >= 11 is 0. The second-order valence-electron chi connectivity index (χ2n) is 6.79. The van der Waals surface area contributed by atoms with Gasteiger partial charge in [-0.25, -0.2) is 8.78 Å². The molecule has 2 atom stereocenters. The zero-order valence-electron chi connectivity index (χ0n) is 12.8. The zero-order chi connectivity index (χ0) is 15.0. The second kappa shape index (κ2) is 6.01. The van der Waals surface area contributed by atoms with E-state index in [2.05, 4.69) is 24.1 Å². The van der Waals surface area contributed by atoms with Gasteiger partial charge in [0.05, 0.1) is 0 Å². The highest BCUT2D eigenvalue weighted by Crippen LogP contribution is 2.35. The Kier molecular flexibility index (Phi) is 4.27. The molecule has 1 N–H and O–H groups in total. The Bertz CT molecular complexity index is 479. The van der Waals surface area contributed by atoms with Gasteiger partial charge in [-0.2, -0.15) is 0 Å². The van der Waals surface area contributed by atoms with Crippen LogP contribution < -0.4 is 5.32 Å². The van der Waals surface area contributed by atoms with Crippen LogP contribution in [-0.4, -0.2) is 30.1 Å². The van der Waals surface area contributed by atoms with Crippen LogP contribution in [0.2, 0.25) is 0 Å². The van der Waals surface area contributed by atoms with Crippen molar-refractivity contribution in [2.75, 3.05) is 13.1 Å². The van der Waals surface area contributed by atoms with Crippen molar-refractivity contribution >= 4 is 0 Å². The molecule has 1 aliphatic heterocycles. The van der Waals surface area contributed by atoms with Crippen LogP contribution in [0.15, 0.2) is 18.2 Å². The number of benzene rings is 1. The molecule has 1 heterocycles. The fraction of sp³-hybridized carbons (Fsp3) is 0.647. The Morgan fingerprint density at radius 3 is 2.48 bits per heavy atom. The molecule has 0 aromatic heterocycles. The minimum Gasteiger partial charge on any atom is -0.311 e. The lowest BCUT2D eigenvalue weighted by Crippen LogP contribution is -2.58. The van der Waals surface area contributed by atoms with Crippen molar-refractivity contribution in [1.29, 1.82) is 0 Å². The summed E-state index contributed by atoms with van der Waals surface area (Å²) in [5.41, 5.74) is 0.208. The monoisotopic (exact) mass is 294 g/mol. The van der Waals surface area contributed by atoms with Crippen LogP contribution >= 0.6 is 0 Å².